The lowest BCUT2D eigenvalue weighted by atomic mass is 10.2. The molecule has 1 rings (SSSR count). The summed E-state index contributed by atoms with van der Waals surface area (Å²) in [5.41, 5.74) is -1.70. The van der Waals surface area contributed by atoms with Crippen LogP contribution in [-0.2, 0) is 14.4 Å². The highest BCUT2D eigenvalue weighted by Gasteiger charge is 2.32. The number of Topliss-reactive ketones (excluding diaryl/α,β-unsaturated/α-hetero) is 1. The van der Waals surface area contributed by atoms with E-state index < -0.39 is 35.1 Å². The third-order valence-electron chi connectivity index (χ3n) is 3.75. The summed E-state index contributed by atoms with van der Waals surface area (Å²) < 4.78 is 52.4. The Morgan fingerprint density at radius 3 is 2.16 bits per heavy atom. The van der Waals surface area contributed by atoms with Crippen LogP contribution in [0.2, 0.25) is 5.02 Å². The van der Waals surface area contributed by atoms with Gasteiger partial charge in [-0.3, -0.25) is 9.59 Å². The van der Waals surface area contributed by atoms with E-state index in [1.165, 1.54) is 18.7 Å². The Hall–Kier alpha value is -1.87. The fourth-order valence-electron chi connectivity index (χ4n) is 2.23. The molecule has 0 N–H and O–H groups in total. The fourth-order valence-corrected chi connectivity index (χ4v) is 3.51. The van der Waals surface area contributed by atoms with Crippen LogP contribution >= 0.6 is 23.4 Å². The van der Waals surface area contributed by atoms with Gasteiger partial charge < -0.3 is 4.79 Å². The Bertz CT molecular complexity index is 826. The molecule has 0 atom stereocenters. The zero-order valence-corrected chi connectivity index (χ0v) is 19.6. The van der Waals surface area contributed by atoms with Crippen LogP contribution in [0.4, 0.5) is 23.2 Å². The molecule has 174 valence electrons. The van der Waals surface area contributed by atoms with Gasteiger partial charge in [-0.25, -0.2) is 9.29 Å². The zero-order chi connectivity index (χ0) is 24.4. The number of unbranched alkanes of at least 4 members (excludes halogenated alkanes) is 1. The predicted octanol–water partition coefficient (Wildman–Crippen LogP) is 6.74. The molecule has 0 unspecified atom stereocenters. The van der Waals surface area contributed by atoms with Crippen molar-refractivity contribution in [2.75, 3.05) is 10.7 Å². The van der Waals surface area contributed by atoms with Crippen molar-refractivity contribution in [3.8, 4) is 0 Å². The number of rotatable bonds is 8. The van der Waals surface area contributed by atoms with Crippen LogP contribution in [0.1, 0.15) is 53.9 Å². The Kier molecular flexibility index (Phi) is 12.7. The van der Waals surface area contributed by atoms with Crippen molar-refractivity contribution in [2.24, 2.45) is 0 Å². The minimum absolute atomic E-state index is 0.0424. The number of allylic oxidation sites excluding steroid dienone is 1. The average molecular weight is 484 g/mol. The molecule has 0 aliphatic carbocycles. The van der Waals surface area contributed by atoms with Crippen LogP contribution in [0.3, 0.4) is 0 Å². The quantitative estimate of drug-likeness (QED) is 0.178. The van der Waals surface area contributed by atoms with Gasteiger partial charge in [0.25, 0.3) is 5.91 Å². The summed E-state index contributed by atoms with van der Waals surface area (Å²) in [5, 5.41) is 0.0424. The first kappa shape index (κ1) is 29.1. The minimum Gasteiger partial charge on any atom is -0.300 e. The zero-order valence-electron chi connectivity index (χ0n) is 18.0. The van der Waals surface area contributed by atoms with Gasteiger partial charge in [0.05, 0.1) is 10.7 Å². The molecule has 31 heavy (non-hydrogen) atoms. The summed E-state index contributed by atoms with van der Waals surface area (Å²) in [6.45, 7) is 7.10. The van der Waals surface area contributed by atoms with E-state index in [1.54, 1.807) is 0 Å². The van der Waals surface area contributed by atoms with Gasteiger partial charge in [0.15, 0.2) is 0 Å². The van der Waals surface area contributed by atoms with Gasteiger partial charge in [-0.05, 0) is 44.6 Å². The number of hydrogen-bond donors (Lipinski definition) is 0. The number of anilines is 1. The Morgan fingerprint density at radius 2 is 1.68 bits per heavy atom. The Balaban J connectivity index is 0.00000436. The third-order valence-corrected chi connectivity index (χ3v) is 5.31. The molecule has 0 spiro atoms. The van der Waals surface area contributed by atoms with E-state index in [9.17, 15) is 31.9 Å². The lowest BCUT2D eigenvalue weighted by Crippen LogP contribution is -2.35. The number of alkyl halides is 3. The first-order valence-corrected chi connectivity index (χ1v) is 10.9. The van der Waals surface area contributed by atoms with Crippen LogP contribution in [0.15, 0.2) is 28.7 Å². The predicted molar refractivity (Wildman–Crippen MR) is 116 cm³/mol. The van der Waals surface area contributed by atoms with Gasteiger partial charge in [0.1, 0.15) is 11.6 Å². The molecule has 0 saturated heterocycles. The molecule has 1 aromatic carbocycles. The summed E-state index contributed by atoms with van der Waals surface area (Å²) in [7, 11) is 0. The second-order valence-corrected chi connectivity index (χ2v) is 7.80. The molecule has 0 radical (unpaired) electrons. The van der Waals surface area contributed by atoms with Crippen LogP contribution in [0.25, 0.3) is 0 Å². The largest absolute Gasteiger partial charge is 0.412 e. The number of thioether (sulfide) groups is 1. The van der Waals surface area contributed by atoms with Crippen LogP contribution < -0.4 is 4.90 Å². The molecule has 2 amide bonds. The monoisotopic (exact) mass is 483 g/mol. The first-order valence-electron chi connectivity index (χ1n) is 9.56. The standard InChI is InChI=1S/C19H20ClF4NO3S.C2H6/c1-11(19(22,23)24)8-18(28)25(13(3)27)16-10-17(14(20)9-15(16)21)29-7-5-4-6-12(2)26;1-2/h8-10H,4-7H2,1-3H3;1-2H3/b11-8+;. The second-order valence-electron chi connectivity index (χ2n) is 6.26. The van der Waals surface area contributed by atoms with E-state index in [4.69, 9.17) is 11.6 Å². The average Bonchev–Trinajstić information content (AvgIpc) is 2.65. The highest BCUT2D eigenvalue weighted by atomic mass is 35.5. The highest BCUT2D eigenvalue weighted by Crippen LogP contribution is 2.35. The van der Waals surface area contributed by atoms with Crippen molar-refractivity contribution in [3.05, 3.63) is 34.6 Å². The van der Waals surface area contributed by atoms with Crippen molar-refractivity contribution in [1.29, 1.82) is 0 Å². The molecule has 0 saturated carbocycles. The summed E-state index contributed by atoms with van der Waals surface area (Å²) in [5.74, 6) is -2.67. The minimum atomic E-state index is -4.75. The van der Waals surface area contributed by atoms with E-state index >= 15 is 0 Å². The number of amides is 2. The van der Waals surface area contributed by atoms with Crippen molar-refractivity contribution < 1.29 is 31.9 Å². The number of ketones is 1. The molecular formula is C21H26ClF4NO3S. The highest BCUT2D eigenvalue weighted by molar-refractivity contribution is 7.99. The number of carbonyl (C=O) groups is 3. The van der Waals surface area contributed by atoms with Crippen LogP contribution in [0, 0.1) is 5.82 Å². The maximum Gasteiger partial charge on any atom is 0.412 e. The lowest BCUT2D eigenvalue weighted by Gasteiger charge is -2.20. The van der Waals surface area contributed by atoms with Gasteiger partial charge in [0, 0.05) is 29.9 Å². The van der Waals surface area contributed by atoms with Gasteiger partial charge >= 0.3 is 6.18 Å². The number of benzene rings is 1. The number of hydrogen-bond acceptors (Lipinski definition) is 4. The molecule has 10 heteroatoms. The second kappa shape index (κ2) is 13.5. The molecular weight excluding hydrogens is 458 g/mol. The molecule has 0 heterocycles. The van der Waals surface area contributed by atoms with Gasteiger partial charge in [0.2, 0.25) is 5.91 Å². The molecule has 4 nitrogen and oxygen atoms in total. The first-order chi connectivity index (χ1) is 14.3. The summed E-state index contributed by atoms with van der Waals surface area (Å²) in [6.07, 6.45) is -2.74. The molecule has 0 aromatic heterocycles. The molecule has 0 bridgehead atoms. The SMILES string of the molecule is CC.CC(=O)CCCCSc1cc(N(C(C)=O)C(=O)/C=C(\C)C(F)(F)F)c(F)cc1Cl. The number of nitrogens with zero attached hydrogens (tertiary/aromatic N) is 1. The Labute approximate surface area is 189 Å². The van der Waals surface area contributed by atoms with Crippen molar-refractivity contribution in [3.63, 3.8) is 0 Å². The third kappa shape index (κ3) is 9.86. The molecule has 0 fully saturated rings. The number of halogens is 5. The maximum absolute atomic E-state index is 14.4. The summed E-state index contributed by atoms with van der Waals surface area (Å²) >= 11 is 7.23. The molecule has 0 aliphatic heterocycles. The van der Waals surface area contributed by atoms with E-state index in [0.717, 1.165) is 19.1 Å². The van der Waals surface area contributed by atoms with E-state index in [2.05, 4.69) is 0 Å². The topological polar surface area (TPSA) is 54.5 Å². The molecule has 0 aliphatic rings. The smallest absolute Gasteiger partial charge is 0.300 e. The fraction of sp³-hybridized carbons (Fsp3) is 0.476. The van der Waals surface area contributed by atoms with E-state index in [-0.39, 0.29) is 16.9 Å². The van der Waals surface area contributed by atoms with Gasteiger partial charge in [-0.2, -0.15) is 13.2 Å². The van der Waals surface area contributed by atoms with Crippen molar-refractivity contribution in [1.82, 2.24) is 0 Å². The normalized spacial score (nSPS) is 11.5. The van der Waals surface area contributed by atoms with E-state index in [1.807, 2.05) is 13.8 Å². The summed E-state index contributed by atoms with van der Waals surface area (Å²) in [4.78, 5) is 35.8. The Morgan fingerprint density at radius 1 is 1.10 bits per heavy atom. The van der Waals surface area contributed by atoms with Crippen molar-refractivity contribution in [2.45, 2.75) is 65.0 Å². The van der Waals surface area contributed by atoms with Gasteiger partial charge in [-0.15, -0.1) is 11.8 Å². The molecule has 1 aromatic rings. The van der Waals surface area contributed by atoms with Crippen LogP contribution in [0.5, 0.6) is 0 Å². The number of carbonyl (C=O) groups excluding carboxylic acids is 3. The van der Waals surface area contributed by atoms with E-state index in [0.29, 0.717) is 41.7 Å². The van der Waals surface area contributed by atoms with Crippen molar-refractivity contribution >= 4 is 46.6 Å². The number of imide groups is 1. The van der Waals surface area contributed by atoms with Gasteiger partial charge in [-0.1, -0.05) is 25.4 Å². The van der Waals surface area contributed by atoms with Crippen LogP contribution in [-0.4, -0.2) is 29.5 Å². The maximum atomic E-state index is 14.4. The lowest BCUT2D eigenvalue weighted by molar-refractivity contribution is -0.124. The summed E-state index contributed by atoms with van der Waals surface area (Å²) in [6, 6.07) is 2.06.